The molecule has 1 aliphatic heterocycles. The van der Waals surface area contributed by atoms with Gasteiger partial charge >= 0.3 is 5.91 Å². The minimum atomic E-state index is -0.143. The summed E-state index contributed by atoms with van der Waals surface area (Å²) in [4.78, 5) is 20.5. The van der Waals surface area contributed by atoms with Crippen LogP contribution in [0.25, 0.3) is 22.2 Å². The summed E-state index contributed by atoms with van der Waals surface area (Å²) < 4.78 is 7.11. The third kappa shape index (κ3) is 4.19. The van der Waals surface area contributed by atoms with Gasteiger partial charge in [0.25, 0.3) is 5.89 Å². The SMILES string of the molecule is O=C(c1ncco1)N1CCN(Cc2ccc(-c3ccc4c(nnn4CC4CC4)c3Cl)cc2)CC1. The Hall–Kier alpha value is -3.23. The van der Waals surface area contributed by atoms with Crippen molar-refractivity contribution in [2.24, 2.45) is 5.92 Å². The van der Waals surface area contributed by atoms with E-state index in [1.54, 1.807) is 4.90 Å². The molecule has 0 unspecified atom stereocenters. The number of halogens is 1. The van der Waals surface area contributed by atoms with Crippen LogP contribution in [0.5, 0.6) is 0 Å². The monoisotopic (exact) mass is 476 g/mol. The molecule has 4 aromatic rings. The van der Waals surface area contributed by atoms with E-state index in [2.05, 4.69) is 56.6 Å². The largest absolute Gasteiger partial charge is 0.441 e. The molecule has 0 bridgehead atoms. The number of rotatable bonds is 6. The van der Waals surface area contributed by atoms with E-state index in [-0.39, 0.29) is 11.8 Å². The maximum absolute atomic E-state index is 12.4. The first-order chi connectivity index (χ1) is 16.7. The van der Waals surface area contributed by atoms with Gasteiger partial charge in [0, 0.05) is 44.8 Å². The van der Waals surface area contributed by atoms with Crippen molar-refractivity contribution in [2.75, 3.05) is 26.2 Å². The Kier molecular flexibility index (Phi) is 5.55. The highest BCUT2D eigenvalue weighted by Gasteiger charge is 2.25. The topological polar surface area (TPSA) is 80.3 Å². The van der Waals surface area contributed by atoms with Gasteiger partial charge in [-0.05, 0) is 36.0 Å². The van der Waals surface area contributed by atoms with Crippen molar-refractivity contribution in [2.45, 2.75) is 25.9 Å². The van der Waals surface area contributed by atoms with Gasteiger partial charge in [0.1, 0.15) is 11.8 Å². The fraction of sp³-hybridized carbons (Fsp3) is 0.360. The molecule has 3 heterocycles. The van der Waals surface area contributed by atoms with Crippen LogP contribution in [0, 0.1) is 5.92 Å². The molecule has 1 amide bonds. The Morgan fingerprint density at radius 2 is 1.85 bits per heavy atom. The lowest BCUT2D eigenvalue weighted by Gasteiger charge is -2.34. The standard InChI is InChI=1S/C25H25ClN6O2/c26-22-20(7-8-21-23(22)28-29-32(21)16-18-1-2-18)19-5-3-17(4-6-19)15-30-10-12-31(13-11-30)25(33)24-27-9-14-34-24/h3-9,14,18H,1-2,10-13,15-16H2. The highest BCUT2D eigenvalue weighted by Crippen LogP contribution is 2.35. The van der Waals surface area contributed by atoms with Crippen LogP contribution in [0.1, 0.15) is 29.1 Å². The van der Waals surface area contributed by atoms with Crippen LogP contribution in [0.4, 0.5) is 0 Å². The number of nitrogens with zero attached hydrogens (tertiary/aromatic N) is 6. The van der Waals surface area contributed by atoms with E-state index in [1.807, 2.05) is 4.68 Å². The van der Waals surface area contributed by atoms with Gasteiger partial charge < -0.3 is 9.32 Å². The second kappa shape index (κ2) is 8.85. The Morgan fingerprint density at radius 3 is 2.56 bits per heavy atom. The smallest absolute Gasteiger partial charge is 0.309 e. The van der Waals surface area contributed by atoms with Gasteiger partial charge in [-0.2, -0.15) is 0 Å². The quantitative estimate of drug-likeness (QED) is 0.416. The van der Waals surface area contributed by atoms with Gasteiger partial charge in [-0.1, -0.05) is 47.1 Å². The van der Waals surface area contributed by atoms with Crippen molar-refractivity contribution < 1.29 is 9.21 Å². The van der Waals surface area contributed by atoms with Crippen molar-refractivity contribution in [3.63, 3.8) is 0 Å². The normalized spacial score (nSPS) is 16.9. The molecule has 174 valence electrons. The first kappa shape index (κ1) is 21.3. The molecule has 2 aromatic heterocycles. The second-order valence-electron chi connectivity index (χ2n) is 9.11. The molecule has 0 N–H and O–H groups in total. The van der Waals surface area contributed by atoms with E-state index in [1.165, 1.54) is 30.9 Å². The molecular weight excluding hydrogens is 452 g/mol. The lowest BCUT2D eigenvalue weighted by atomic mass is 10.0. The second-order valence-corrected chi connectivity index (χ2v) is 9.49. The molecule has 34 heavy (non-hydrogen) atoms. The Labute approximate surface area is 202 Å². The molecule has 8 nitrogen and oxygen atoms in total. The number of carbonyl (C=O) groups excluding carboxylic acids is 1. The summed E-state index contributed by atoms with van der Waals surface area (Å²) in [5.41, 5.74) is 5.02. The van der Waals surface area contributed by atoms with Crippen LogP contribution < -0.4 is 0 Å². The third-order valence-corrected chi connectivity index (χ3v) is 7.08. The molecular formula is C25H25ClN6O2. The van der Waals surface area contributed by atoms with Crippen LogP contribution in [0.15, 0.2) is 53.3 Å². The molecule has 1 aliphatic carbocycles. The summed E-state index contributed by atoms with van der Waals surface area (Å²) in [7, 11) is 0. The minimum absolute atomic E-state index is 0.143. The third-order valence-electron chi connectivity index (χ3n) is 6.70. The molecule has 0 atom stereocenters. The summed E-state index contributed by atoms with van der Waals surface area (Å²) in [6.07, 6.45) is 5.47. The van der Waals surface area contributed by atoms with Gasteiger partial charge in [0.05, 0.1) is 16.7 Å². The number of amides is 1. The molecule has 0 spiro atoms. The number of carbonyl (C=O) groups is 1. The first-order valence-electron chi connectivity index (χ1n) is 11.7. The van der Waals surface area contributed by atoms with Crippen molar-refractivity contribution in [1.82, 2.24) is 29.8 Å². The van der Waals surface area contributed by atoms with E-state index < -0.39 is 0 Å². The predicted molar refractivity (Wildman–Crippen MR) is 128 cm³/mol. The van der Waals surface area contributed by atoms with Crippen molar-refractivity contribution in [1.29, 1.82) is 0 Å². The van der Waals surface area contributed by atoms with Crippen molar-refractivity contribution >= 4 is 28.5 Å². The summed E-state index contributed by atoms with van der Waals surface area (Å²) in [6, 6.07) is 12.6. The van der Waals surface area contributed by atoms with Gasteiger partial charge in [-0.25, -0.2) is 9.67 Å². The molecule has 2 aliphatic rings. The molecule has 1 saturated carbocycles. The number of benzene rings is 2. The van der Waals surface area contributed by atoms with Gasteiger partial charge in [-0.15, -0.1) is 5.10 Å². The molecule has 0 radical (unpaired) electrons. The zero-order chi connectivity index (χ0) is 23.1. The van der Waals surface area contributed by atoms with Crippen LogP contribution in [0.3, 0.4) is 0 Å². The fourth-order valence-electron chi connectivity index (χ4n) is 4.53. The summed E-state index contributed by atoms with van der Waals surface area (Å²) in [6.45, 7) is 4.71. The van der Waals surface area contributed by atoms with Crippen LogP contribution >= 0.6 is 11.6 Å². The molecule has 9 heteroatoms. The van der Waals surface area contributed by atoms with Crippen LogP contribution in [-0.4, -0.2) is 61.9 Å². The zero-order valence-corrected chi connectivity index (χ0v) is 19.5. The van der Waals surface area contributed by atoms with E-state index in [0.717, 1.165) is 54.3 Å². The van der Waals surface area contributed by atoms with Gasteiger partial charge in [0.15, 0.2) is 0 Å². The molecule has 2 fully saturated rings. The summed E-state index contributed by atoms with van der Waals surface area (Å²) in [5.74, 6) is 0.745. The zero-order valence-electron chi connectivity index (χ0n) is 18.7. The molecule has 6 rings (SSSR count). The van der Waals surface area contributed by atoms with Gasteiger partial charge in [-0.3, -0.25) is 9.69 Å². The number of aromatic nitrogens is 4. The highest BCUT2D eigenvalue weighted by atomic mass is 35.5. The molecule has 1 saturated heterocycles. The minimum Gasteiger partial charge on any atom is -0.441 e. The van der Waals surface area contributed by atoms with E-state index >= 15 is 0 Å². The number of fused-ring (bicyclic) bond motifs is 1. The first-order valence-corrected chi connectivity index (χ1v) is 12.1. The predicted octanol–water partition coefficient (Wildman–Crippen LogP) is 4.11. The summed E-state index contributed by atoms with van der Waals surface area (Å²) >= 11 is 6.75. The van der Waals surface area contributed by atoms with Gasteiger partial charge in [0.2, 0.25) is 0 Å². The number of piperazine rings is 1. The van der Waals surface area contributed by atoms with Crippen LogP contribution in [-0.2, 0) is 13.1 Å². The highest BCUT2D eigenvalue weighted by molar-refractivity contribution is 6.37. The van der Waals surface area contributed by atoms with E-state index in [4.69, 9.17) is 16.0 Å². The average molecular weight is 477 g/mol. The lowest BCUT2D eigenvalue weighted by Crippen LogP contribution is -2.48. The fourth-order valence-corrected chi connectivity index (χ4v) is 4.84. The van der Waals surface area contributed by atoms with Crippen molar-refractivity contribution in [3.05, 3.63) is 65.3 Å². The lowest BCUT2D eigenvalue weighted by molar-refractivity contribution is 0.0590. The Bertz CT molecular complexity index is 1310. The van der Waals surface area contributed by atoms with E-state index in [0.29, 0.717) is 18.1 Å². The maximum atomic E-state index is 12.4. The molecule has 2 aromatic carbocycles. The van der Waals surface area contributed by atoms with Crippen LogP contribution in [0.2, 0.25) is 5.02 Å². The van der Waals surface area contributed by atoms with Crippen molar-refractivity contribution in [3.8, 4) is 11.1 Å². The summed E-state index contributed by atoms with van der Waals surface area (Å²) in [5, 5.41) is 9.33. The Morgan fingerprint density at radius 1 is 1.06 bits per heavy atom. The number of oxazole rings is 1. The number of hydrogen-bond acceptors (Lipinski definition) is 6. The number of hydrogen-bond donors (Lipinski definition) is 0. The average Bonchev–Trinajstić information content (AvgIpc) is 3.33. The Balaban J connectivity index is 1.10. The maximum Gasteiger partial charge on any atom is 0.309 e. The van der Waals surface area contributed by atoms with E-state index in [9.17, 15) is 4.79 Å².